The van der Waals surface area contributed by atoms with E-state index in [2.05, 4.69) is 17.3 Å². The predicted octanol–water partition coefficient (Wildman–Crippen LogP) is 1.29. The SMILES string of the molecule is C[C@@H](NCCn1cccn1)C1CCOCC1. The Hall–Kier alpha value is -0.870. The van der Waals surface area contributed by atoms with Gasteiger partial charge >= 0.3 is 0 Å². The molecule has 4 nitrogen and oxygen atoms in total. The van der Waals surface area contributed by atoms with Crippen LogP contribution in [0.1, 0.15) is 19.8 Å². The van der Waals surface area contributed by atoms with Crippen LogP contribution in [0, 0.1) is 5.92 Å². The quantitative estimate of drug-likeness (QED) is 0.817. The van der Waals surface area contributed by atoms with E-state index in [1.54, 1.807) is 0 Å². The summed E-state index contributed by atoms with van der Waals surface area (Å²) in [6.07, 6.45) is 6.20. The normalized spacial score (nSPS) is 19.8. The number of ether oxygens (including phenoxy) is 1. The lowest BCUT2D eigenvalue weighted by atomic mass is 9.93. The van der Waals surface area contributed by atoms with Crippen LogP contribution in [-0.2, 0) is 11.3 Å². The molecule has 1 N–H and O–H groups in total. The van der Waals surface area contributed by atoms with Gasteiger partial charge < -0.3 is 10.1 Å². The van der Waals surface area contributed by atoms with Crippen LogP contribution in [0.3, 0.4) is 0 Å². The van der Waals surface area contributed by atoms with Gasteiger partial charge in [0.05, 0.1) is 6.54 Å². The molecular formula is C12H21N3O. The molecule has 1 aromatic heterocycles. The zero-order chi connectivity index (χ0) is 11.2. The maximum absolute atomic E-state index is 5.37. The molecule has 0 unspecified atom stereocenters. The Morgan fingerprint density at radius 2 is 2.31 bits per heavy atom. The van der Waals surface area contributed by atoms with Crippen molar-refractivity contribution in [2.45, 2.75) is 32.4 Å². The van der Waals surface area contributed by atoms with Crippen LogP contribution in [0.25, 0.3) is 0 Å². The molecule has 0 aliphatic carbocycles. The summed E-state index contributed by atoms with van der Waals surface area (Å²) in [5.41, 5.74) is 0. The molecule has 2 rings (SSSR count). The summed E-state index contributed by atoms with van der Waals surface area (Å²) < 4.78 is 7.33. The molecule has 0 amide bonds. The largest absolute Gasteiger partial charge is 0.381 e. The molecule has 0 saturated carbocycles. The van der Waals surface area contributed by atoms with E-state index in [0.29, 0.717) is 6.04 Å². The molecular weight excluding hydrogens is 202 g/mol. The number of nitrogens with one attached hydrogen (secondary N) is 1. The molecule has 4 heteroatoms. The van der Waals surface area contributed by atoms with Gasteiger partial charge in [-0.15, -0.1) is 0 Å². The minimum Gasteiger partial charge on any atom is -0.381 e. The molecule has 90 valence electrons. The molecule has 0 aromatic carbocycles. The zero-order valence-corrected chi connectivity index (χ0v) is 9.93. The topological polar surface area (TPSA) is 39.1 Å². The molecule has 1 atom stereocenters. The summed E-state index contributed by atoms with van der Waals surface area (Å²) in [7, 11) is 0. The van der Waals surface area contributed by atoms with Gasteiger partial charge in [0.15, 0.2) is 0 Å². The molecule has 1 aliphatic heterocycles. The highest BCUT2D eigenvalue weighted by atomic mass is 16.5. The van der Waals surface area contributed by atoms with Gasteiger partial charge in [0.1, 0.15) is 0 Å². The smallest absolute Gasteiger partial charge is 0.0534 e. The standard InChI is InChI=1S/C12H21N3O/c1-11(12-3-9-16-10-4-12)13-6-8-15-7-2-5-14-15/h2,5,7,11-13H,3-4,6,8-10H2,1H3/t11-/m1/s1. The highest BCUT2D eigenvalue weighted by molar-refractivity contribution is 4.79. The fraction of sp³-hybridized carbons (Fsp3) is 0.750. The van der Waals surface area contributed by atoms with Gasteiger partial charge in [-0.25, -0.2) is 0 Å². The van der Waals surface area contributed by atoms with Crippen molar-refractivity contribution in [3.63, 3.8) is 0 Å². The van der Waals surface area contributed by atoms with Gasteiger partial charge in [0.2, 0.25) is 0 Å². The van der Waals surface area contributed by atoms with Gasteiger partial charge in [-0.3, -0.25) is 4.68 Å². The highest BCUT2D eigenvalue weighted by Crippen LogP contribution is 2.18. The maximum Gasteiger partial charge on any atom is 0.0534 e. The van der Waals surface area contributed by atoms with Crippen LogP contribution in [0.2, 0.25) is 0 Å². The van der Waals surface area contributed by atoms with Crippen molar-refractivity contribution in [3.05, 3.63) is 18.5 Å². The van der Waals surface area contributed by atoms with Crippen molar-refractivity contribution in [2.75, 3.05) is 19.8 Å². The molecule has 0 bridgehead atoms. The molecule has 1 saturated heterocycles. The Morgan fingerprint density at radius 1 is 1.50 bits per heavy atom. The number of aromatic nitrogens is 2. The minimum absolute atomic E-state index is 0.583. The van der Waals surface area contributed by atoms with Crippen molar-refractivity contribution >= 4 is 0 Å². The zero-order valence-electron chi connectivity index (χ0n) is 9.93. The van der Waals surface area contributed by atoms with Gasteiger partial charge in [0.25, 0.3) is 0 Å². The lowest BCUT2D eigenvalue weighted by Crippen LogP contribution is -2.38. The lowest BCUT2D eigenvalue weighted by molar-refractivity contribution is 0.0559. The first kappa shape index (κ1) is 11.6. The monoisotopic (exact) mass is 223 g/mol. The predicted molar refractivity (Wildman–Crippen MR) is 63.2 cm³/mol. The van der Waals surface area contributed by atoms with E-state index in [0.717, 1.165) is 32.2 Å². The highest BCUT2D eigenvalue weighted by Gasteiger charge is 2.19. The van der Waals surface area contributed by atoms with Crippen molar-refractivity contribution in [3.8, 4) is 0 Å². The van der Waals surface area contributed by atoms with E-state index in [4.69, 9.17) is 4.74 Å². The Kier molecular flexibility index (Phi) is 4.36. The lowest BCUT2D eigenvalue weighted by Gasteiger charge is -2.28. The Labute approximate surface area is 97.0 Å². The van der Waals surface area contributed by atoms with Crippen LogP contribution in [-0.4, -0.2) is 35.6 Å². The fourth-order valence-electron chi connectivity index (χ4n) is 2.22. The van der Waals surface area contributed by atoms with Crippen molar-refractivity contribution in [1.29, 1.82) is 0 Å². The molecule has 2 heterocycles. The number of nitrogens with zero attached hydrogens (tertiary/aromatic N) is 2. The maximum atomic E-state index is 5.37. The van der Waals surface area contributed by atoms with Crippen molar-refractivity contribution in [1.82, 2.24) is 15.1 Å². The third-order valence-electron chi connectivity index (χ3n) is 3.34. The molecule has 1 aliphatic rings. The molecule has 16 heavy (non-hydrogen) atoms. The van der Waals surface area contributed by atoms with Crippen LogP contribution < -0.4 is 5.32 Å². The Balaban J connectivity index is 1.65. The van der Waals surface area contributed by atoms with Gasteiger partial charge in [-0.1, -0.05) is 0 Å². The average molecular weight is 223 g/mol. The molecule has 0 spiro atoms. The number of rotatable bonds is 5. The first-order valence-electron chi connectivity index (χ1n) is 6.15. The summed E-state index contributed by atoms with van der Waals surface area (Å²) >= 11 is 0. The van der Waals surface area contributed by atoms with Gasteiger partial charge in [0, 0.05) is 38.2 Å². The Bertz CT molecular complexity index is 280. The summed E-state index contributed by atoms with van der Waals surface area (Å²) in [5.74, 6) is 0.770. The Morgan fingerprint density at radius 3 is 3.00 bits per heavy atom. The average Bonchev–Trinajstić information content (AvgIpc) is 2.83. The van der Waals surface area contributed by atoms with Crippen LogP contribution >= 0.6 is 0 Å². The second-order valence-electron chi connectivity index (χ2n) is 4.46. The van der Waals surface area contributed by atoms with E-state index in [1.807, 2.05) is 23.1 Å². The van der Waals surface area contributed by atoms with E-state index >= 15 is 0 Å². The second kappa shape index (κ2) is 6.01. The van der Waals surface area contributed by atoms with Crippen LogP contribution in [0.5, 0.6) is 0 Å². The van der Waals surface area contributed by atoms with E-state index in [9.17, 15) is 0 Å². The third kappa shape index (κ3) is 3.32. The van der Waals surface area contributed by atoms with E-state index in [1.165, 1.54) is 12.8 Å². The summed E-state index contributed by atoms with van der Waals surface area (Å²) in [4.78, 5) is 0. The van der Waals surface area contributed by atoms with Gasteiger partial charge in [-0.05, 0) is 31.7 Å². The molecule has 1 fully saturated rings. The summed E-state index contributed by atoms with van der Waals surface area (Å²) in [5, 5.41) is 7.76. The van der Waals surface area contributed by atoms with Crippen molar-refractivity contribution in [2.24, 2.45) is 5.92 Å². The number of hydrogen-bond acceptors (Lipinski definition) is 3. The first-order valence-corrected chi connectivity index (χ1v) is 6.15. The van der Waals surface area contributed by atoms with E-state index in [-0.39, 0.29) is 0 Å². The van der Waals surface area contributed by atoms with E-state index < -0.39 is 0 Å². The number of hydrogen-bond donors (Lipinski definition) is 1. The third-order valence-corrected chi connectivity index (χ3v) is 3.34. The summed E-state index contributed by atoms with van der Waals surface area (Å²) in [6, 6.07) is 2.54. The van der Waals surface area contributed by atoms with Gasteiger partial charge in [-0.2, -0.15) is 5.10 Å². The van der Waals surface area contributed by atoms with Crippen LogP contribution in [0.15, 0.2) is 18.5 Å². The fourth-order valence-corrected chi connectivity index (χ4v) is 2.22. The molecule has 0 radical (unpaired) electrons. The molecule has 1 aromatic rings. The van der Waals surface area contributed by atoms with Crippen LogP contribution in [0.4, 0.5) is 0 Å². The first-order chi connectivity index (χ1) is 7.86. The minimum atomic E-state index is 0.583. The summed E-state index contributed by atoms with van der Waals surface area (Å²) in [6.45, 7) is 6.06. The second-order valence-corrected chi connectivity index (χ2v) is 4.46. The van der Waals surface area contributed by atoms with Crippen molar-refractivity contribution < 1.29 is 4.74 Å².